The number of nitrogens with zero attached hydrogens (tertiary/aromatic N) is 3. The second kappa shape index (κ2) is 22.7. The largest absolute Gasteiger partial charge is 0.444 e. The molecule has 0 spiro atoms. The van der Waals surface area contributed by atoms with Crippen molar-refractivity contribution in [3.63, 3.8) is 0 Å². The summed E-state index contributed by atoms with van der Waals surface area (Å²) in [6, 6.07) is 5.65. The maximum absolute atomic E-state index is 14.4. The van der Waals surface area contributed by atoms with Gasteiger partial charge in [-0.25, -0.2) is 4.79 Å². The van der Waals surface area contributed by atoms with Gasteiger partial charge in [-0.15, -0.1) is 0 Å². The lowest BCUT2D eigenvalue weighted by molar-refractivity contribution is -0.148. The number of hydrogen-bond donors (Lipinski definition) is 3. The molecule has 4 rings (SSSR count). The van der Waals surface area contributed by atoms with E-state index in [1.54, 1.807) is 60.1 Å². The van der Waals surface area contributed by atoms with Gasteiger partial charge in [0.05, 0.1) is 55.3 Å². The van der Waals surface area contributed by atoms with Crippen LogP contribution in [0.15, 0.2) is 24.3 Å². The second-order valence-corrected chi connectivity index (χ2v) is 19.3. The highest BCUT2D eigenvalue weighted by molar-refractivity contribution is 5.90. The third-order valence-electron chi connectivity index (χ3n) is 13.4. The topological polar surface area (TPSA) is 168 Å². The fraction of sp³-hybridized carbons (Fsp3) is 0.766. The van der Waals surface area contributed by atoms with Gasteiger partial charge in [-0.1, -0.05) is 53.2 Å². The number of ether oxygens (including phenoxy) is 4. The summed E-state index contributed by atoms with van der Waals surface area (Å²) in [6.07, 6.45) is 4.03. The van der Waals surface area contributed by atoms with Crippen molar-refractivity contribution in [1.29, 1.82) is 0 Å². The molecule has 62 heavy (non-hydrogen) atoms. The van der Waals surface area contributed by atoms with Gasteiger partial charge >= 0.3 is 6.09 Å². The molecule has 3 N–H and O–H groups in total. The van der Waals surface area contributed by atoms with Gasteiger partial charge in [0.25, 0.3) is 0 Å². The van der Waals surface area contributed by atoms with Gasteiger partial charge in [-0.05, 0) is 102 Å². The van der Waals surface area contributed by atoms with Gasteiger partial charge in [-0.3, -0.25) is 29.4 Å². The molecule has 1 aliphatic carbocycles. The van der Waals surface area contributed by atoms with Gasteiger partial charge < -0.3 is 39.4 Å². The SMILES string of the molecule is CCC(C)C(C(CC(=O)N1CCC[C@H]1C(OC)C(C)C(=O)NC(COC)Cc1cccc(NC(=O)OC(C)(C)C)c1)OC)N(C)C(=O)C(NC(=O)[C@@H]1[C@H]2CC[C@H](C2)N1C)C(C)C. The lowest BCUT2D eigenvalue weighted by atomic mass is 9.89. The summed E-state index contributed by atoms with van der Waals surface area (Å²) in [7, 11) is 8.50. The summed E-state index contributed by atoms with van der Waals surface area (Å²) >= 11 is 0. The highest BCUT2D eigenvalue weighted by atomic mass is 16.6. The molecule has 350 valence electrons. The maximum Gasteiger partial charge on any atom is 0.412 e. The van der Waals surface area contributed by atoms with Crippen LogP contribution in [0, 0.1) is 23.7 Å². The number of amides is 5. The molecule has 2 saturated heterocycles. The van der Waals surface area contributed by atoms with Crippen molar-refractivity contribution >= 4 is 35.4 Å². The number of likely N-dealkylation sites (tertiary alicyclic amines) is 2. The molecule has 7 unspecified atom stereocenters. The lowest BCUT2D eigenvalue weighted by Crippen LogP contribution is -2.60. The highest BCUT2D eigenvalue weighted by Crippen LogP contribution is 2.41. The molecule has 0 aromatic heterocycles. The molecule has 5 amide bonds. The first-order valence-electron chi connectivity index (χ1n) is 22.8. The minimum Gasteiger partial charge on any atom is -0.444 e. The Kier molecular flexibility index (Phi) is 18.6. The van der Waals surface area contributed by atoms with E-state index in [0.29, 0.717) is 37.0 Å². The second-order valence-electron chi connectivity index (χ2n) is 19.3. The van der Waals surface area contributed by atoms with Gasteiger partial charge in [-0.2, -0.15) is 0 Å². The van der Waals surface area contributed by atoms with Crippen LogP contribution in [0.5, 0.6) is 0 Å². The summed E-state index contributed by atoms with van der Waals surface area (Å²) in [4.78, 5) is 74.5. The zero-order valence-corrected chi connectivity index (χ0v) is 39.8. The molecule has 2 heterocycles. The van der Waals surface area contributed by atoms with E-state index < -0.39 is 41.9 Å². The molecular formula is C47H78N6O9. The molecule has 2 aliphatic heterocycles. The number of rotatable bonds is 21. The van der Waals surface area contributed by atoms with E-state index >= 15 is 0 Å². The summed E-state index contributed by atoms with van der Waals surface area (Å²) in [5, 5.41) is 9.05. The van der Waals surface area contributed by atoms with Crippen molar-refractivity contribution in [1.82, 2.24) is 25.3 Å². The van der Waals surface area contributed by atoms with Crippen LogP contribution < -0.4 is 16.0 Å². The predicted molar refractivity (Wildman–Crippen MR) is 239 cm³/mol. The maximum atomic E-state index is 14.4. The average molecular weight is 871 g/mol. The standard InChI is InChI=1S/C47H78N6O9/c1-14-29(4)40(52(10)45(57)39(28(2)3)50-44(56)41-32-20-21-35(25-32)51(41)9)37(60-12)26-38(54)53-22-16-19-36(53)42(61-13)30(5)43(55)48-34(27-59-11)24-31-17-15-18-33(23-31)49-46(58)62-47(6,7)8/h15,17-18,23,28-30,32,34-37,39-42H,14,16,19-22,24-27H2,1-13H3,(H,48,55)(H,49,58)(H,50,56)/t29?,30?,32-,34?,35+,36-,37?,39?,40?,41-,42?/m0/s1. The number of nitrogens with one attached hydrogen (secondary N) is 3. The summed E-state index contributed by atoms with van der Waals surface area (Å²) in [6.45, 7) is 16.0. The zero-order valence-electron chi connectivity index (χ0n) is 39.8. The minimum absolute atomic E-state index is 0.0181. The molecular weight excluding hydrogens is 793 g/mol. The van der Waals surface area contributed by atoms with Crippen LogP contribution in [-0.4, -0.2) is 147 Å². The molecule has 3 aliphatic rings. The van der Waals surface area contributed by atoms with E-state index in [-0.39, 0.29) is 66.6 Å². The van der Waals surface area contributed by atoms with E-state index in [1.165, 1.54) is 0 Å². The molecule has 3 fully saturated rings. The number of carbonyl (C=O) groups is 5. The van der Waals surface area contributed by atoms with Gasteiger partial charge in [0.15, 0.2) is 0 Å². The zero-order chi connectivity index (χ0) is 46.1. The smallest absolute Gasteiger partial charge is 0.412 e. The van der Waals surface area contributed by atoms with Crippen LogP contribution in [0.3, 0.4) is 0 Å². The van der Waals surface area contributed by atoms with Crippen LogP contribution in [0.1, 0.15) is 106 Å². The Balaban J connectivity index is 1.43. The molecule has 2 bridgehead atoms. The monoisotopic (exact) mass is 871 g/mol. The van der Waals surface area contributed by atoms with Gasteiger partial charge in [0, 0.05) is 46.7 Å². The Morgan fingerprint density at radius 1 is 0.968 bits per heavy atom. The van der Waals surface area contributed by atoms with Gasteiger partial charge in [0.2, 0.25) is 23.6 Å². The van der Waals surface area contributed by atoms with E-state index in [2.05, 4.69) is 34.7 Å². The Bertz CT molecular complexity index is 1670. The first kappa shape index (κ1) is 50.9. The van der Waals surface area contributed by atoms with Crippen LogP contribution in [0.2, 0.25) is 0 Å². The molecule has 15 nitrogen and oxygen atoms in total. The number of methoxy groups -OCH3 is 3. The van der Waals surface area contributed by atoms with Crippen molar-refractivity contribution in [3.05, 3.63) is 29.8 Å². The average Bonchev–Trinajstić information content (AvgIpc) is 3.96. The van der Waals surface area contributed by atoms with Crippen LogP contribution in [-0.2, 0) is 44.5 Å². The van der Waals surface area contributed by atoms with Crippen LogP contribution in [0.25, 0.3) is 0 Å². The first-order chi connectivity index (χ1) is 29.2. The number of anilines is 1. The predicted octanol–water partition coefficient (Wildman–Crippen LogP) is 5.25. The quantitative estimate of drug-likeness (QED) is 0.149. The number of carbonyl (C=O) groups excluding carboxylic acids is 5. The number of benzene rings is 1. The molecule has 1 aromatic carbocycles. The third kappa shape index (κ3) is 12.9. The number of fused-ring (bicyclic) bond motifs is 2. The fourth-order valence-electron chi connectivity index (χ4n) is 10.1. The summed E-state index contributed by atoms with van der Waals surface area (Å²) in [5.41, 5.74) is 0.819. The van der Waals surface area contributed by atoms with E-state index in [9.17, 15) is 24.0 Å². The first-order valence-corrected chi connectivity index (χ1v) is 22.8. The van der Waals surface area contributed by atoms with Crippen molar-refractivity contribution in [2.75, 3.05) is 53.9 Å². The molecule has 11 atom stereocenters. The third-order valence-corrected chi connectivity index (χ3v) is 13.4. The fourth-order valence-corrected chi connectivity index (χ4v) is 10.1. The molecule has 1 saturated carbocycles. The minimum atomic E-state index is -0.729. The van der Waals surface area contributed by atoms with Crippen molar-refractivity contribution in [2.24, 2.45) is 23.7 Å². The van der Waals surface area contributed by atoms with Crippen LogP contribution in [0.4, 0.5) is 10.5 Å². The number of piperidine rings is 1. The Morgan fingerprint density at radius 2 is 1.68 bits per heavy atom. The summed E-state index contributed by atoms with van der Waals surface area (Å²) < 4.78 is 23.0. The van der Waals surface area contributed by atoms with Crippen molar-refractivity contribution < 1.29 is 42.9 Å². The highest BCUT2D eigenvalue weighted by Gasteiger charge is 2.49. The number of hydrogen-bond acceptors (Lipinski definition) is 10. The molecule has 15 heteroatoms. The lowest BCUT2D eigenvalue weighted by Gasteiger charge is -2.41. The molecule has 0 radical (unpaired) electrons. The Hall–Kier alpha value is -3.79. The number of likely N-dealkylation sites (N-methyl/N-ethyl adjacent to an activating group) is 2. The van der Waals surface area contributed by atoms with Crippen molar-refractivity contribution in [3.8, 4) is 0 Å². The van der Waals surface area contributed by atoms with Gasteiger partial charge in [0.1, 0.15) is 11.6 Å². The van der Waals surface area contributed by atoms with Crippen LogP contribution >= 0.6 is 0 Å². The Morgan fingerprint density at radius 3 is 2.26 bits per heavy atom. The Labute approximate surface area is 371 Å². The van der Waals surface area contributed by atoms with E-state index in [4.69, 9.17) is 18.9 Å². The van der Waals surface area contributed by atoms with E-state index in [0.717, 1.165) is 37.7 Å². The van der Waals surface area contributed by atoms with E-state index in [1.807, 2.05) is 50.9 Å². The van der Waals surface area contributed by atoms with Crippen molar-refractivity contribution in [2.45, 2.75) is 161 Å². The normalized spacial score (nSPS) is 23.5. The molecule has 1 aromatic rings. The summed E-state index contributed by atoms with van der Waals surface area (Å²) in [5.74, 6) is -1.13.